The van der Waals surface area contributed by atoms with Crippen LogP contribution in [-0.2, 0) is 30.7 Å². The van der Waals surface area contributed by atoms with Gasteiger partial charge in [0.1, 0.15) is 5.88 Å². The molecule has 1 aliphatic carbocycles. The van der Waals surface area contributed by atoms with E-state index in [0.717, 1.165) is 24.1 Å². The number of fused-ring (bicyclic) bond motifs is 2. The third-order valence-corrected chi connectivity index (χ3v) is 4.74. The summed E-state index contributed by atoms with van der Waals surface area (Å²) >= 11 is 5.62. The Morgan fingerprint density at radius 1 is 1.22 bits per heavy atom. The van der Waals surface area contributed by atoms with Crippen molar-refractivity contribution in [3.8, 4) is 0 Å². The zero-order valence-corrected chi connectivity index (χ0v) is 13.4. The number of alkyl halides is 1. The minimum Gasteiger partial charge on any atom is -0.351 e. The first kappa shape index (κ1) is 14.5. The van der Waals surface area contributed by atoms with Crippen LogP contribution in [0.4, 0.5) is 5.95 Å². The summed E-state index contributed by atoms with van der Waals surface area (Å²) in [4.78, 5) is 22.4. The minimum atomic E-state index is -0.0644. The number of rotatable bonds is 3. The van der Waals surface area contributed by atoms with Gasteiger partial charge in [-0.3, -0.25) is 4.79 Å². The van der Waals surface area contributed by atoms with Crippen LogP contribution in [0.1, 0.15) is 22.4 Å². The molecule has 0 fully saturated rings. The Bertz CT molecular complexity index is 739. The van der Waals surface area contributed by atoms with Crippen molar-refractivity contribution < 1.29 is 4.79 Å². The molecule has 4 rings (SSSR count). The van der Waals surface area contributed by atoms with Crippen LogP contribution in [0.25, 0.3) is 0 Å². The van der Waals surface area contributed by atoms with E-state index in [9.17, 15) is 4.79 Å². The lowest BCUT2D eigenvalue weighted by Gasteiger charge is -2.12. The molecule has 0 spiro atoms. The smallest absolute Gasteiger partial charge is 0.238 e. The second kappa shape index (κ2) is 5.81. The number of aromatic nitrogens is 2. The Labute approximate surface area is 139 Å². The molecule has 2 aromatic rings. The number of carbonyl (C=O) groups is 1. The van der Waals surface area contributed by atoms with Gasteiger partial charge in [0.05, 0.1) is 12.2 Å². The molecule has 1 amide bonds. The highest BCUT2D eigenvalue weighted by Crippen LogP contribution is 2.25. The van der Waals surface area contributed by atoms with E-state index in [-0.39, 0.29) is 11.8 Å². The highest BCUT2D eigenvalue weighted by atomic mass is 35.5. The molecule has 2 aliphatic rings. The SMILES string of the molecule is O=C(CCl)N1Cc2cnc(NC3Cc4ccccc4C3)nc2C1. The number of carbonyl (C=O) groups excluding carboxylic acids is 1. The van der Waals surface area contributed by atoms with E-state index in [1.165, 1.54) is 11.1 Å². The van der Waals surface area contributed by atoms with Crippen molar-refractivity contribution in [3.05, 3.63) is 52.8 Å². The van der Waals surface area contributed by atoms with Gasteiger partial charge in [-0.2, -0.15) is 0 Å². The van der Waals surface area contributed by atoms with E-state index < -0.39 is 0 Å². The van der Waals surface area contributed by atoms with Crippen molar-refractivity contribution in [1.29, 1.82) is 0 Å². The van der Waals surface area contributed by atoms with Crippen molar-refractivity contribution in [3.63, 3.8) is 0 Å². The first-order valence-corrected chi connectivity index (χ1v) is 8.28. The molecular formula is C17H17ClN4O. The van der Waals surface area contributed by atoms with Crippen molar-refractivity contribution in [1.82, 2.24) is 14.9 Å². The maximum Gasteiger partial charge on any atom is 0.238 e. The first-order valence-electron chi connectivity index (χ1n) is 7.75. The van der Waals surface area contributed by atoms with Crippen LogP contribution in [-0.4, -0.2) is 32.7 Å². The summed E-state index contributed by atoms with van der Waals surface area (Å²) in [5.74, 6) is 0.583. The molecule has 118 valence electrons. The Hall–Kier alpha value is -2.14. The van der Waals surface area contributed by atoms with Gasteiger partial charge >= 0.3 is 0 Å². The van der Waals surface area contributed by atoms with Crippen LogP contribution in [0.3, 0.4) is 0 Å². The predicted molar refractivity (Wildman–Crippen MR) is 88.3 cm³/mol. The standard InChI is InChI=1S/C17H17ClN4O/c18-7-16(23)22-9-13-8-19-17(21-15(13)10-22)20-14-5-11-3-1-2-4-12(11)6-14/h1-4,8,14H,5-7,9-10H2,(H,19,20,21). The van der Waals surface area contributed by atoms with Gasteiger partial charge in [-0.05, 0) is 24.0 Å². The number of nitrogens with zero attached hydrogens (tertiary/aromatic N) is 3. The first-order chi connectivity index (χ1) is 11.2. The second-order valence-electron chi connectivity index (χ2n) is 6.07. The number of anilines is 1. The van der Waals surface area contributed by atoms with E-state index in [4.69, 9.17) is 11.6 Å². The highest BCUT2D eigenvalue weighted by Gasteiger charge is 2.26. The van der Waals surface area contributed by atoms with E-state index in [1.54, 1.807) is 4.90 Å². The largest absolute Gasteiger partial charge is 0.351 e. The van der Waals surface area contributed by atoms with E-state index in [0.29, 0.717) is 25.1 Å². The van der Waals surface area contributed by atoms with Gasteiger partial charge in [0, 0.05) is 24.3 Å². The summed E-state index contributed by atoms with van der Waals surface area (Å²) in [6, 6.07) is 8.84. The maximum absolute atomic E-state index is 11.7. The average Bonchev–Trinajstić information content (AvgIpc) is 3.16. The molecule has 0 radical (unpaired) electrons. The molecule has 1 aromatic heterocycles. The third-order valence-electron chi connectivity index (χ3n) is 4.51. The zero-order chi connectivity index (χ0) is 15.8. The Kier molecular flexibility index (Phi) is 3.65. The quantitative estimate of drug-likeness (QED) is 0.877. The lowest BCUT2D eigenvalue weighted by Crippen LogP contribution is -2.26. The molecule has 2 heterocycles. The molecule has 0 saturated heterocycles. The number of benzene rings is 1. The predicted octanol–water partition coefficient (Wildman–Crippen LogP) is 2.14. The normalized spacial score (nSPS) is 16.3. The van der Waals surface area contributed by atoms with Gasteiger partial charge in [-0.1, -0.05) is 24.3 Å². The van der Waals surface area contributed by atoms with Crippen LogP contribution in [0.2, 0.25) is 0 Å². The fraction of sp³-hybridized carbons (Fsp3) is 0.353. The number of hydrogen-bond donors (Lipinski definition) is 1. The average molecular weight is 329 g/mol. The summed E-state index contributed by atoms with van der Waals surface area (Å²) in [5.41, 5.74) is 4.70. The second-order valence-corrected chi connectivity index (χ2v) is 6.33. The van der Waals surface area contributed by atoms with Gasteiger partial charge in [-0.25, -0.2) is 9.97 Å². The molecule has 6 heteroatoms. The van der Waals surface area contributed by atoms with Crippen molar-refractivity contribution in [2.45, 2.75) is 32.0 Å². The molecule has 1 N–H and O–H groups in total. The molecule has 5 nitrogen and oxygen atoms in total. The van der Waals surface area contributed by atoms with Gasteiger partial charge in [0.15, 0.2) is 0 Å². The van der Waals surface area contributed by atoms with Gasteiger partial charge in [0.2, 0.25) is 11.9 Å². The molecule has 1 aromatic carbocycles. The molecule has 0 atom stereocenters. The summed E-state index contributed by atoms with van der Waals surface area (Å²) in [6.45, 7) is 1.07. The Balaban J connectivity index is 1.46. The van der Waals surface area contributed by atoms with Crippen LogP contribution >= 0.6 is 11.6 Å². The summed E-state index contributed by atoms with van der Waals surface area (Å²) in [5, 5.41) is 3.42. The van der Waals surface area contributed by atoms with Gasteiger partial charge in [0.25, 0.3) is 0 Å². The van der Waals surface area contributed by atoms with Crippen molar-refractivity contribution in [2.75, 3.05) is 11.2 Å². The molecule has 1 aliphatic heterocycles. The lowest BCUT2D eigenvalue weighted by molar-refractivity contribution is -0.129. The van der Waals surface area contributed by atoms with Crippen molar-refractivity contribution >= 4 is 23.5 Å². The number of amides is 1. The number of hydrogen-bond acceptors (Lipinski definition) is 4. The molecule has 0 unspecified atom stereocenters. The van der Waals surface area contributed by atoms with E-state index in [2.05, 4.69) is 39.6 Å². The third kappa shape index (κ3) is 2.77. The van der Waals surface area contributed by atoms with Crippen LogP contribution in [0, 0.1) is 0 Å². The fourth-order valence-electron chi connectivity index (χ4n) is 3.33. The van der Waals surface area contributed by atoms with E-state index >= 15 is 0 Å². The highest BCUT2D eigenvalue weighted by molar-refractivity contribution is 6.27. The number of halogens is 1. The summed E-state index contributed by atoms with van der Waals surface area (Å²) in [7, 11) is 0. The molecule has 0 bridgehead atoms. The maximum atomic E-state index is 11.7. The van der Waals surface area contributed by atoms with Crippen LogP contribution < -0.4 is 5.32 Å². The van der Waals surface area contributed by atoms with Crippen LogP contribution in [0.5, 0.6) is 0 Å². The molecular weight excluding hydrogens is 312 g/mol. The summed E-state index contributed by atoms with van der Waals surface area (Å²) in [6.07, 6.45) is 3.80. The Morgan fingerprint density at radius 2 is 1.96 bits per heavy atom. The molecule has 0 saturated carbocycles. The molecule has 23 heavy (non-hydrogen) atoms. The monoisotopic (exact) mass is 328 g/mol. The van der Waals surface area contributed by atoms with E-state index in [1.807, 2.05) is 6.20 Å². The fourth-order valence-corrected chi connectivity index (χ4v) is 3.50. The number of nitrogens with one attached hydrogen (secondary N) is 1. The topological polar surface area (TPSA) is 58.1 Å². The van der Waals surface area contributed by atoms with Gasteiger partial charge < -0.3 is 10.2 Å². The van der Waals surface area contributed by atoms with Crippen LogP contribution in [0.15, 0.2) is 30.5 Å². The lowest BCUT2D eigenvalue weighted by atomic mass is 10.1. The van der Waals surface area contributed by atoms with Gasteiger partial charge in [-0.15, -0.1) is 11.6 Å². The zero-order valence-electron chi connectivity index (χ0n) is 12.6. The summed E-state index contributed by atoms with van der Waals surface area (Å²) < 4.78 is 0. The minimum absolute atomic E-state index is 0.00680. The Morgan fingerprint density at radius 3 is 2.65 bits per heavy atom. The van der Waals surface area contributed by atoms with Crippen molar-refractivity contribution in [2.24, 2.45) is 0 Å².